The largest absolute Gasteiger partial charge is 0.490 e. The molecule has 0 radical (unpaired) electrons. The lowest BCUT2D eigenvalue weighted by molar-refractivity contribution is 0.0515. The molecule has 1 atom stereocenters. The summed E-state index contributed by atoms with van der Waals surface area (Å²) in [5.74, 6) is -0.531. The minimum Gasteiger partial charge on any atom is -0.490 e. The fourth-order valence-corrected chi connectivity index (χ4v) is 2.99. The zero-order valence-corrected chi connectivity index (χ0v) is 20.4. The zero-order chi connectivity index (χ0) is 21.4. The maximum atomic E-state index is 12.3. The van der Waals surface area contributed by atoms with Gasteiger partial charge in [0.2, 0.25) is 0 Å². The fourth-order valence-electron chi connectivity index (χ4n) is 2.37. The first kappa shape index (κ1) is 29.2. The molecule has 10 heteroatoms. The fraction of sp³-hybridized carbons (Fsp3) is 0.429. The first-order valence-electron chi connectivity index (χ1n) is 9.41. The summed E-state index contributed by atoms with van der Waals surface area (Å²) in [5.41, 5.74) is 0.514. The molecule has 174 valence electrons. The van der Waals surface area contributed by atoms with Gasteiger partial charge in [0.25, 0.3) is 5.91 Å². The molecule has 0 aliphatic carbocycles. The number of hydrogen-bond donors (Lipinski definition) is 3. The molecule has 2 aromatic rings. The Hall–Kier alpha value is -1.84. The van der Waals surface area contributed by atoms with Crippen molar-refractivity contribution < 1.29 is 24.2 Å². The molecular formula is C21H30Cl2N2O5S. The number of halogens is 2. The highest BCUT2D eigenvalue weighted by Gasteiger charge is 2.18. The Balaban J connectivity index is 0.00000450. The topological polar surface area (TPSA) is 96.9 Å². The van der Waals surface area contributed by atoms with Crippen LogP contribution in [0.3, 0.4) is 0 Å². The Morgan fingerprint density at radius 2 is 1.90 bits per heavy atom. The molecule has 0 bridgehead atoms. The highest BCUT2D eigenvalue weighted by Crippen LogP contribution is 2.25. The van der Waals surface area contributed by atoms with Crippen molar-refractivity contribution in [3.63, 3.8) is 0 Å². The Kier molecular flexibility index (Phi) is 12.7. The van der Waals surface area contributed by atoms with Gasteiger partial charge in [-0.05, 0) is 57.3 Å². The number of carbonyl (C=O) groups excluding carboxylic acids is 2. The molecule has 31 heavy (non-hydrogen) atoms. The predicted molar refractivity (Wildman–Crippen MR) is 128 cm³/mol. The van der Waals surface area contributed by atoms with Gasteiger partial charge in [0.15, 0.2) is 0 Å². The summed E-state index contributed by atoms with van der Waals surface area (Å²) in [5, 5.41) is 17.9. The summed E-state index contributed by atoms with van der Waals surface area (Å²) < 4.78 is 10.8. The van der Waals surface area contributed by atoms with Crippen molar-refractivity contribution in [1.82, 2.24) is 5.32 Å². The van der Waals surface area contributed by atoms with Gasteiger partial charge >= 0.3 is 5.97 Å². The van der Waals surface area contributed by atoms with Crippen LogP contribution in [0, 0.1) is 0 Å². The van der Waals surface area contributed by atoms with E-state index in [1.165, 1.54) is 17.4 Å². The molecule has 1 aromatic heterocycles. The summed E-state index contributed by atoms with van der Waals surface area (Å²) in [6, 6.07) is 8.25. The van der Waals surface area contributed by atoms with Crippen LogP contribution in [0.1, 0.15) is 47.7 Å². The Morgan fingerprint density at radius 3 is 2.48 bits per heavy atom. The van der Waals surface area contributed by atoms with Crippen molar-refractivity contribution in [3.05, 3.63) is 46.2 Å². The van der Waals surface area contributed by atoms with Crippen LogP contribution in [0.4, 0.5) is 5.69 Å². The average Bonchev–Trinajstić information content (AvgIpc) is 3.20. The van der Waals surface area contributed by atoms with Crippen LogP contribution in [0.15, 0.2) is 35.7 Å². The Labute approximate surface area is 199 Å². The van der Waals surface area contributed by atoms with Crippen molar-refractivity contribution in [3.8, 4) is 5.75 Å². The number of carbonyl (C=O) groups is 2. The molecule has 1 heterocycles. The Bertz CT molecular complexity index is 826. The first-order valence-corrected chi connectivity index (χ1v) is 10.3. The van der Waals surface area contributed by atoms with Gasteiger partial charge < -0.3 is 25.2 Å². The van der Waals surface area contributed by atoms with Crippen LogP contribution in [0.5, 0.6) is 5.75 Å². The standard InChI is InChI=1S/C21H28N2O5S.2ClH/c1-5-27-20(26)16-11-14(23-19(25)18-7-6-10-29-18)8-9-17(16)28-13-15(24)12-22-21(2,3)4;;/h6-11,15,22,24H,5,12-13H2,1-4H3,(H,23,25);2*1H. The number of ether oxygens (including phenoxy) is 2. The molecule has 0 spiro atoms. The summed E-state index contributed by atoms with van der Waals surface area (Å²) in [6.45, 7) is 8.29. The molecule has 0 saturated heterocycles. The summed E-state index contributed by atoms with van der Waals surface area (Å²) in [7, 11) is 0. The molecule has 7 nitrogen and oxygen atoms in total. The quantitative estimate of drug-likeness (QED) is 0.455. The first-order chi connectivity index (χ1) is 13.7. The molecule has 0 aliphatic heterocycles. The number of anilines is 1. The molecule has 2 rings (SSSR count). The van der Waals surface area contributed by atoms with Gasteiger partial charge in [-0.1, -0.05) is 6.07 Å². The van der Waals surface area contributed by atoms with Gasteiger partial charge in [-0.15, -0.1) is 36.2 Å². The van der Waals surface area contributed by atoms with Gasteiger partial charge in [-0.3, -0.25) is 4.79 Å². The minimum atomic E-state index is -0.748. The summed E-state index contributed by atoms with van der Waals surface area (Å²) in [6.07, 6.45) is -0.748. The minimum absolute atomic E-state index is 0. The van der Waals surface area contributed by atoms with Crippen LogP contribution >= 0.6 is 36.2 Å². The van der Waals surface area contributed by atoms with Crippen molar-refractivity contribution in [2.24, 2.45) is 0 Å². The van der Waals surface area contributed by atoms with E-state index < -0.39 is 12.1 Å². The molecule has 1 amide bonds. The number of benzene rings is 1. The molecule has 1 aromatic carbocycles. The van der Waals surface area contributed by atoms with Gasteiger partial charge in [-0.25, -0.2) is 4.79 Å². The number of β-amino-alcohol motifs (C(OH)–C–C–N with tert-alkyl or cyclic N) is 1. The molecule has 0 saturated carbocycles. The van der Waals surface area contributed by atoms with Crippen molar-refractivity contribution in [1.29, 1.82) is 0 Å². The summed E-state index contributed by atoms with van der Waals surface area (Å²) in [4.78, 5) is 25.2. The number of amides is 1. The van der Waals surface area contributed by atoms with Crippen molar-refractivity contribution >= 4 is 53.7 Å². The van der Waals surface area contributed by atoms with E-state index in [-0.39, 0.29) is 60.8 Å². The van der Waals surface area contributed by atoms with E-state index in [2.05, 4.69) is 10.6 Å². The lowest BCUT2D eigenvalue weighted by Gasteiger charge is -2.23. The molecule has 0 aliphatic rings. The van der Waals surface area contributed by atoms with E-state index in [1.807, 2.05) is 26.2 Å². The van der Waals surface area contributed by atoms with Crippen LogP contribution in [0.2, 0.25) is 0 Å². The molecular weight excluding hydrogens is 463 g/mol. The van der Waals surface area contributed by atoms with Crippen LogP contribution in [-0.4, -0.2) is 48.4 Å². The molecule has 0 fully saturated rings. The van der Waals surface area contributed by atoms with E-state index >= 15 is 0 Å². The molecule has 1 unspecified atom stereocenters. The number of aliphatic hydroxyl groups excluding tert-OH is 1. The highest BCUT2D eigenvalue weighted by molar-refractivity contribution is 7.12. The van der Waals surface area contributed by atoms with Gasteiger partial charge in [-0.2, -0.15) is 0 Å². The highest BCUT2D eigenvalue weighted by atomic mass is 35.5. The van der Waals surface area contributed by atoms with Crippen LogP contribution < -0.4 is 15.4 Å². The number of nitrogens with one attached hydrogen (secondary N) is 2. The number of aliphatic hydroxyl groups is 1. The third-order valence-electron chi connectivity index (χ3n) is 3.78. The second-order valence-electron chi connectivity index (χ2n) is 7.46. The number of hydrogen-bond acceptors (Lipinski definition) is 7. The van der Waals surface area contributed by atoms with Crippen LogP contribution in [-0.2, 0) is 4.74 Å². The van der Waals surface area contributed by atoms with E-state index in [4.69, 9.17) is 9.47 Å². The maximum absolute atomic E-state index is 12.3. The van der Waals surface area contributed by atoms with E-state index in [0.717, 1.165) is 0 Å². The van der Waals surface area contributed by atoms with Crippen molar-refractivity contribution in [2.45, 2.75) is 39.3 Å². The zero-order valence-electron chi connectivity index (χ0n) is 18.0. The van der Waals surface area contributed by atoms with E-state index in [1.54, 1.807) is 31.2 Å². The lowest BCUT2D eigenvalue weighted by atomic mass is 10.1. The van der Waals surface area contributed by atoms with Gasteiger partial charge in [0.05, 0.1) is 11.5 Å². The molecule has 3 N–H and O–H groups in total. The normalized spacial score (nSPS) is 11.5. The Morgan fingerprint density at radius 1 is 1.19 bits per heavy atom. The van der Waals surface area contributed by atoms with E-state index in [9.17, 15) is 14.7 Å². The van der Waals surface area contributed by atoms with Crippen LogP contribution in [0.25, 0.3) is 0 Å². The summed E-state index contributed by atoms with van der Waals surface area (Å²) >= 11 is 1.33. The second-order valence-corrected chi connectivity index (χ2v) is 8.41. The van der Waals surface area contributed by atoms with Gasteiger partial charge in [0.1, 0.15) is 24.0 Å². The monoisotopic (exact) mass is 492 g/mol. The predicted octanol–water partition coefficient (Wildman–Crippen LogP) is 4.15. The van der Waals surface area contributed by atoms with Crippen molar-refractivity contribution in [2.75, 3.05) is 25.1 Å². The number of rotatable bonds is 9. The van der Waals surface area contributed by atoms with E-state index in [0.29, 0.717) is 17.1 Å². The number of esters is 1. The SMILES string of the molecule is CCOC(=O)c1cc(NC(=O)c2cccs2)ccc1OCC(O)CNC(C)(C)C.Cl.Cl. The van der Waals surface area contributed by atoms with Gasteiger partial charge in [0, 0.05) is 17.8 Å². The maximum Gasteiger partial charge on any atom is 0.341 e. The third-order valence-corrected chi connectivity index (χ3v) is 4.65. The average molecular weight is 493 g/mol. The second kappa shape index (κ2) is 13.5. The number of thiophene rings is 1. The lowest BCUT2D eigenvalue weighted by Crippen LogP contribution is -2.42. The smallest absolute Gasteiger partial charge is 0.341 e. The third kappa shape index (κ3) is 9.88.